The van der Waals surface area contributed by atoms with E-state index in [4.69, 9.17) is 16.0 Å². The highest BCUT2D eigenvalue weighted by atomic mass is 35.5. The summed E-state index contributed by atoms with van der Waals surface area (Å²) in [6.45, 7) is 7.44. The van der Waals surface area contributed by atoms with E-state index in [1.54, 1.807) is 30.3 Å². The lowest BCUT2D eigenvalue weighted by Gasteiger charge is -2.32. The Hall–Kier alpha value is -2.71. The Labute approximate surface area is 177 Å². The van der Waals surface area contributed by atoms with Crippen molar-refractivity contribution in [2.45, 2.75) is 39.3 Å². The number of carbonyl (C=O) groups is 2. The van der Waals surface area contributed by atoms with E-state index in [-0.39, 0.29) is 11.6 Å². The first kappa shape index (κ1) is 21.0. The Morgan fingerprint density at radius 1 is 1.28 bits per heavy atom. The molecule has 0 aliphatic carbocycles. The summed E-state index contributed by atoms with van der Waals surface area (Å²) in [7, 11) is 0. The van der Waals surface area contributed by atoms with Crippen LogP contribution in [0.4, 0.5) is 5.69 Å². The lowest BCUT2D eigenvalue weighted by atomic mass is 10.0. The molecule has 0 saturated heterocycles. The van der Waals surface area contributed by atoms with Crippen LogP contribution in [0.5, 0.6) is 0 Å². The van der Waals surface area contributed by atoms with Gasteiger partial charge in [0, 0.05) is 21.6 Å². The zero-order valence-corrected chi connectivity index (χ0v) is 18.0. The number of anilines is 1. The van der Waals surface area contributed by atoms with Crippen LogP contribution >= 0.6 is 23.1 Å². The van der Waals surface area contributed by atoms with Crippen molar-refractivity contribution in [3.8, 4) is 0 Å². The van der Waals surface area contributed by atoms with Gasteiger partial charge in [0.1, 0.15) is 5.76 Å². The monoisotopic (exact) mass is 432 g/mol. The summed E-state index contributed by atoms with van der Waals surface area (Å²) in [4.78, 5) is 28.1. The fourth-order valence-corrected chi connectivity index (χ4v) is 3.44. The molecule has 3 rings (SSSR count). The molecule has 2 amide bonds. The number of aryl methyl sites for hydroxylation is 1. The summed E-state index contributed by atoms with van der Waals surface area (Å²) in [6.07, 6.45) is 1.46. The van der Waals surface area contributed by atoms with E-state index in [0.29, 0.717) is 16.5 Å². The van der Waals surface area contributed by atoms with Gasteiger partial charge in [0.05, 0.1) is 6.26 Å². The van der Waals surface area contributed by atoms with Gasteiger partial charge in [0.15, 0.2) is 11.7 Å². The minimum atomic E-state index is -1.06. The summed E-state index contributed by atoms with van der Waals surface area (Å²) < 4.78 is 9.33. The molecule has 3 aromatic rings. The Kier molecular flexibility index (Phi) is 6.04. The van der Waals surface area contributed by atoms with Crippen molar-refractivity contribution < 1.29 is 14.0 Å². The first-order chi connectivity index (χ1) is 13.7. The molecular formula is C20H21ClN4O3S. The second-order valence-electron chi connectivity index (χ2n) is 7.55. The topological polar surface area (TPSA) is 88.3 Å². The number of furan rings is 1. The third-order valence-corrected chi connectivity index (χ3v) is 4.79. The van der Waals surface area contributed by atoms with E-state index in [0.717, 1.165) is 17.1 Å². The molecule has 152 valence electrons. The van der Waals surface area contributed by atoms with E-state index in [1.165, 1.54) is 16.5 Å². The standard InChI is InChI=1S/C20H21ClN4O3S/c1-12-7-8-13(21)10-15(12)25(19(27)14-11-29-24-23-14)17(16-6-5-9-28-16)18(26)22-20(2,3)4/h5-11,17H,1-4H3,(H,22,26)/t17-/m1/s1. The van der Waals surface area contributed by atoms with Crippen molar-refractivity contribution in [1.29, 1.82) is 0 Å². The van der Waals surface area contributed by atoms with Crippen molar-refractivity contribution in [2.75, 3.05) is 4.90 Å². The molecule has 1 atom stereocenters. The molecule has 1 aromatic carbocycles. The molecule has 9 heteroatoms. The van der Waals surface area contributed by atoms with E-state index < -0.39 is 17.5 Å². The maximum absolute atomic E-state index is 13.4. The predicted molar refractivity (Wildman–Crippen MR) is 112 cm³/mol. The van der Waals surface area contributed by atoms with Crippen LogP contribution in [-0.2, 0) is 4.79 Å². The van der Waals surface area contributed by atoms with Crippen LogP contribution in [0.2, 0.25) is 5.02 Å². The van der Waals surface area contributed by atoms with Gasteiger partial charge in [0.25, 0.3) is 11.8 Å². The van der Waals surface area contributed by atoms with Crippen molar-refractivity contribution in [3.05, 3.63) is 64.0 Å². The Bertz CT molecular complexity index is 997. The first-order valence-corrected chi connectivity index (χ1v) is 10.1. The molecule has 0 unspecified atom stereocenters. The van der Waals surface area contributed by atoms with Crippen molar-refractivity contribution in [1.82, 2.24) is 14.9 Å². The average Bonchev–Trinajstić information content (AvgIpc) is 3.33. The maximum atomic E-state index is 13.4. The third kappa shape index (κ3) is 4.83. The van der Waals surface area contributed by atoms with Crippen LogP contribution in [0.1, 0.15) is 48.6 Å². The molecule has 7 nitrogen and oxygen atoms in total. The maximum Gasteiger partial charge on any atom is 0.280 e. The average molecular weight is 433 g/mol. The van der Waals surface area contributed by atoms with E-state index in [1.807, 2.05) is 27.7 Å². The fourth-order valence-electron chi connectivity index (χ4n) is 2.85. The number of halogens is 1. The van der Waals surface area contributed by atoms with E-state index in [2.05, 4.69) is 14.9 Å². The third-order valence-electron chi connectivity index (χ3n) is 4.05. The summed E-state index contributed by atoms with van der Waals surface area (Å²) in [5, 5.41) is 8.80. The normalized spacial score (nSPS) is 12.4. The number of benzene rings is 1. The van der Waals surface area contributed by atoms with Crippen LogP contribution in [0.25, 0.3) is 0 Å². The molecule has 2 heterocycles. The SMILES string of the molecule is Cc1ccc(Cl)cc1N(C(=O)c1csnn1)[C@@H](C(=O)NC(C)(C)C)c1ccco1. The molecule has 2 aromatic heterocycles. The van der Waals surface area contributed by atoms with Crippen LogP contribution < -0.4 is 10.2 Å². The van der Waals surface area contributed by atoms with Crippen LogP contribution in [0, 0.1) is 6.92 Å². The summed E-state index contributed by atoms with van der Waals surface area (Å²) in [5.41, 5.74) is 0.879. The quantitative estimate of drug-likeness (QED) is 0.645. The molecule has 0 aliphatic heterocycles. The summed E-state index contributed by atoms with van der Waals surface area (Å²) >= 11 is 7.28. The number of amides is 2. The van der Waals surface area contributed by atoms with Gasteiger partial charge in [-0.05, 0) is 69.1 Å². The molecule has 0 spiro atoms. The van der Waals surface area contributed by atoms with Gasteiger partial charge in [-0.3, -0.25) is 14.5 Å². The van der Waals surface area contributed by atoms with Gasteiger partial charge in [-0.1, -0.05) is 22.2 Å². The lowest BCUT2D eigenvalue weighted by molar-refractivity contribution is -0.124. The van der Waals surface area contributed by atoms with Gasteiger partial charge in [-0.15, -0.1) is 5.10 Å². The first-order valence-electron chi connectivity index (χ1n) is 8.89. The van der Waals surface area contributed by atoms with Gasteiger partial charge in [0.2, 0.25) is 0 Å². The second-order valence-corrected chi connectivity index (χ2v) is 8.60. The number of aromatic nitrogens is 2. The van der Waals surface area contributed by atoms with Gasteiger partial charge in [-0.25, -0.2) is 0 Å². The van der Waals surface area contributed by atoms with Gasteiger partial charge >= 0.3 is 0 Å². The number of hydrogen-bond acceptors (Lipinski definition) is 6. The summed E-state index contributed by atoms with van der Waals surface area (Å²) in [5.74, 6) is -0.541. The molecule has 0 radical (unpaired) electrons. The minimum Gasteiger partial charge on any atom is -0.467 e. The second kappa shape index (κ2) is 8.34. The molecule has 0 saturated carbocycles. The van der Waals surface area contributed by atoms with Crippen LogP contribution in [0.15, 0.2) is 46.4 Å². The van der Waals surface area contributed by atoms with Crippen molar-refractivity contribution in [2.24, 2.45) is 0 Å². The van der Waals surface area contributed by atoms with Crippen molar-refractivity contribution in [3.63, 3.8) is 0 Å². The van der Waals surface area contributed by atoms with Gasteiger partial charge in [-0.2, -0.15) is 0 Å². The zero-order chi connectivity index (χ0) is 21.2. The molecule has 0 fully saturated rings. The van der Waals surface area contributed by atoms with Crippen LogP contribution in [-0.4, -0.2) is 26.9 Å². The minimum absolute atomic E-state index is 0.134. The van der Waals surface area contributed by atoms with E-state index in [9.17, 15) is 9.59 Å². The number of rotatable bonds is 5. The Balaban J connectivity index is 2.19. The molecule has 0 aliphatic rings. The number of carbonyl (C=O) groups excluding carboxylic acids is 2. The molecular weight excluding hydrogens is 412 g/mol. The predicted octanol–water partition coefficient (Wildman–Crippen LogP) is 4.40. The highest BCUT2D eigenvalue weighted by molar-refractivity contribution is 7.03. The smallest absolute Gasteiger partial charge is 0.280 e. The van der Waals surface area contributed by atoms with E-state index >= 15 is 0 Å². The van der Waals surface area contributed by atoms with Crippen LogP contribution in [0.3, 0.4) is 0 Å². The summed E-state index contributed by atoms with van der Waals surface area (Å²) in [6, 6.07) is 7.43. The number of nitrogens with zero attached hydrogens (tertiary/aromatic N) is 3. The Morgan fingerprint density at radius 3 is 2.62 bits per heavy atom. The molecule has 29 heavy (non-hydrogen) atoms. The van der Waals surface area contributed by atoms with Crippen molar-refractivity contribution >= 4 is 40.6 Å². The molecule has 1 N–H and O–H groups in total. The fraction of sp³-hybridized carbons (Fsp3) is 0.300. The number of nitrogens with one attached hydrogen (secondary N) is 1. The number of hydrogen-bond donors (Lipinski definition) is 1. The highest BCUT2D eigenvalue weighted by Gasteiger charge is 2.38. The highest BCUT2D eigenvalue weighted by Crippen LogP contribution is 2.34. The lowest BCUT2D eigenvalue weighted by Crippen LogP contribution is -2.49. The van der Waals surface area contributed by atoms with Gasteiger partial charge < -0.3 is 9.73 Å². The zero-order valence-electron chi connectivity index (χ0n) is 16.5. The largest absolute Gasteiger partial charge is 0.467 e. The molecule has 0 bridgehead atoms. The Morgan fingerprint density at radius 2 is 2.03 bits per heavy atom.